The van der Waals surface area contributed by atoms with Crippen LogP contribution < -0.4 is 14.8 Å². The van der Waals surface area contributed by atoms with Crippen LogP contribution in [0.5, 0.6) is 11.5 Å². The molecular formula is C35H33ClFNO4S. The number of thiophene rings is 1. The number of hydrogen-bond acceptors (Lipinski definition) is 6. The van der Waals surface area contributed by atoms with Gasteiger partial charge in [-0.15, -0.1) is 22.9 Å². The smallest absolute Gasteiger partial charge is 0.204 e. The minimum Gasteiger partial charge on any atom is -0.492 e. The Morgan fingerprint density at radius 1 is 0.953 bits per heavy atom. The second kappa shape index (κ2) is 14.1. The Kier molecular flexibility index (Phi) is 10.1. The van der Waals surface area contributed by atoms with Gasteiger partial charge in [0.2, 0.25) is 5.78 Å². The molecule has 0 saturated carbocycles. The summed E-state index contributed by atoms with van der Waals surface area (Å²) >= 11 is 7.04. The van der Waals surface area contributed by atoms with Crippen molar-refractivity contribution in [1.82, 2.24) is 5.32 Å². The first-order valence-corrected chi connectivity index (χ1v) is 15.4. The number of ketones is 1. The van der Waals surface area contributed by atoms with Crippen molar-refractivity contribution in [2.24, 2.45) is 0 Å². The van der Waals surface area contributed by atoms with Crippen molar-refractivity contribution >= 4 is 38.8 Å². The van der Waals surface area contributed by atoms with E-state index in [2.05, 4.69) is 5.32 Å². The molecule has 1 aromatic heterocycles. The van der Waals surface area contributed by atoms with Gasteiger partial charge in [0.25, 0.3) is 0 Å². The number of fused-ring (bicyclic) bond motifs is 1. The third-order valence-electron chi connectivity index (χ3n) is 7.09. The van der Waals surface area contributed by atoms with Crippen LogP contribution in [0.25, 0.3) is 21.2 Å². The molecule has 0 fully saturated rings. The van der Waals surface area contributed by atoms with E-state index >= 15 is 0 Å². The Hall–Kier alpha value is -3.75. The molecule has 2 N–H and O–H groups in total. The molecule has 0 aliphatic heterocycles. The number of halogens is 2. The average molecular weight is 618 g/mol. The molecule has 1 unspecified atom stereocenters. The summed E-state index contributed by atoms with van der Waals surface area (Å²) in [6, 6.07) is 26.3. The van der Waals surface area contributed by atoms with Crippen molar-refractivity contribution in [1.29, 1.82) is 0 Å². The minimum atomic E-state index is -0.590. The lowest BCUT2D eigenvalue weighted by molar-refractivity contribution is 0.104. The topological polar surface area (TPSA) is 67.8 Å². The fourth-order valence-corrected chi connectivity index (χ4v) is 6.33. The maximum atomic E-state index is 14.1. The molecule has 4 aromatic carbocycles. The highest BCUT2D eigenvalue weighted by Crippen LogP contribution is 2.42. The lowest BCUT2D eigenvalue weighted by Gasteiger charge is -2.12. The number of aryl methyl sites for hydroxylation is 2. The van der Waals surface area contributed by atoms with E-state index in [1.54, 1.807) is 13.8 Å². The van der Waals surface area contributed by atoms with Gasteiger partial charge in [-0.2, -0.15) is 0 Å². The molecule has 1 heterocycles. The standard InChI is InChI=1S/C35H33ClFNO4S/c1-22-16-26(37)17-23(2)32(22)34(40)35-33(25-8-10-28(11-9-25)41-15-14-38-20-27(39)19-36)30-13-12-29(18-31(30)43-35)42-21-24-6-4-3-5-7-24/h3-13,16-18,27,38-39H,14-15,19-21H2,1-2H3. The summed E-state index contributed by atoms with van der Waals surface area (Å²) in [5, 5.41) is 13.6. The molecule has 0 aliphatic rings. The summed E-state index contributed by atoms with van der Waals surface area (Å²) in [5.74, 6) is 1.10. The number of carbonyl (C=O) groups excluding carboxylic acids is 1. The lowest BCUT2D eigenvalue weighted by atomic mass is 9.94. The summed E-state index contributed by atoms with van der Waals surface area (Å²) in [5.41, 5.74) is 4.49. The zero-order valence-corrected chi connectivity index (χ0v) is 25.6. The van der Waals surface area contributed by atoms with E-state index in [0.717, 1.165) is 26.8 Å². The predicted octanol–water partition coefficient (Wildman–Crippen LogP) is 7.70. The van der Waals surface area contributed by atoms with Crippen LogP contribution in [0.15, 0.2) is 84.9 Å². The van der Waals surface area contributed by atoms with E-state index < -0.39 is 6.10 Å². The molecule has 0 radical (unpaired) electrons. The highest BCUT2D eigenvalue weighted by atomic mass is 35.5. The fourth-order valence-electron chi connectivity index (χ4n) is 5.02. The first-order chi connectivity index (χ1) is 20.8. The van der Waals surface area contributed by atoms with Gasteiger partial charge in [0.1, 0.15) is 30.5 Å². The van der Waals surface area contributed by atoms with Crippen LogP contribution in [0.3, 0.4) is 0 Å². The van der Waals surface area contributed by atoms with Crippen LogP contribution in [0.1, 0.15) is 31.9 Å². The van der Waals surface area contributed by atoms with E-state index in [1.165, 1.54) is 23.5 Å². The van der Waals surface area contributed by atoms with Crippen LogP contribution in [0, 0.1) is 19.7 Å². The van der Waals surface area contributed by atoms with Crippen molar-refractivity contribution in [2.75, 3.05) is 25.6 Å². The number of alkyl halides is 1. The summed E-state index contributed by atoms with van der Waals surface area (Å²) in [6.07, 6.45) is -0.590. The Morgan fingerprint density at radius 2 is 1.65 bits per heavy atom. The Bertz CT molecular complexity index is 1680. The molecule has 222 valence electrons. The second-order valence-electron chi connectivity index (χ2n) is 10.4. The minimum absolute atomic E-state index is 0.136. The highest BCUT2D eigenvalue weighted by molar-refractivity contribution is 7.21. The molecule has 5 rings (SSSR count). The van der Waals surface area contributed by atoms with Gasteiger partial charge in [-0.3, -0.25) is 4.79 Å². The maximum Gasteiger partial charge on any atom is 0.204 e. The molecule has 43 heavy (non-hydrogen) atoms. The van der Waals surface area contributed by atoms with E-state index in [9.17, 15) is 14.3 Å². The molecule has 0 saturated heterocycles. The molecule has 1 atom stereocenters. The van der Waals surface area contributed by atoms with Crippen molar-refractivity contribution in [3.63, 3.8) is 0 Å². The first kappa shape index (κ1) is 30.7. The van der Waals surface area contributed by atoms with Crippen LogP contribution in [-0.4, -0.2) is 42.6 Å². The van der Waals surface area contributed by atoms with Gasteiger partial charge < -0.3 is 19.9 Å². The molecule has 0 aliphatic carbocycles. The van der Waals surface area contributed by atoms with E-state index in [-0.39, 0.29) is 17.5 Å². The van der Waals surface area contributed by atoms with Gasteiger partial charge in [0, 0.05) is 40.2 Å². The molecule has 8 heteroatoms. The van der Waals surface area contributed by atoms with Crippen LogP contribution in [-0.2, 0) is 6.61 Å². The van der Waals surface area contributed by atoms with Crippen molar-refractivity contribution in [3.8, 4) is 22.6 Å². The Labute approximate surface area is 259 Å². The monoisotopic (exact) mass is 617 g/mol. The maximum absolute atomic E-state index is 14.1. The molecular weight excluding hydrogens is 585 g/mol. The summed E-state index contributed by atoms with van der Waals surface area (Å²) in [6.45, 7) is 5.36. The van der Waals surface area contributed by atoms with Crippen LogP contribution in [0.2, 0.25) is 0 Å². The number of hydrogen-bond donors (Lipinski definition) is 2. The summed E-state index contributed by atoms with van der Waals surface area (Å²) in [7, 11) is 0. The number of carbonyl (C=O) groups is 1. The van der Waals surface area contributed by atoms with Crippen LogP contribution in [0.4, 0.5) is 4.39 Å². The van der Waals surface area contributed by atoms with Gasteiger partial charge in [-0.05, 0) is 78.6 Å². The third kappa shape index (κ3) is 7.43. The van der Waals surface area contributed by atoms with Crippen molar-refractivity contribution < 1.29 is 23.8 Å². The van der Waals surface area contributed by atoms with Gasteiger partial charge in [-0.25, -0.2) is 4.39 Å². The number of aliphatic hydroxyl groups is 1. The van der Waals surface area contributed by atoms with Crippen molar-refractivity contribution in [2.45, 2.75) is 26.6 Å². The first-order valence-electron chi connectivity index (χ1n) is 14.1. The number of aliphatic hydroxyl groups excluding tert-OH is 1. The lowest BCUT2D eigenvalue weighted by Crippen LogP contribution is -2.30. The molecule has 5 aromatic rings. The van der Waals surface area contributed by atoms with E-state index in [4.69, 9.17) is 21.1 Å². The largest absolute Gasteiger partial charge is 0.492 e. The van der Waals surface area contributed by atoms with Crippen LogP contribution >= 0.6 is 22.9 Å². The normalized spacial score (nSPS) is 11.9. The van der Waals surface area contributed by atoms with Gasteiger partial charge >= 0.3 is 0 Å². The van der Waals surface area contributed by atoms with Gasteiger partial charge in [-0.1, -0.05) is 42.5 Å². The molecule has 0 amide bonds. The predicted molar refractivity (Wildman–Crippen MR) is 172 cm³/mol. The fraction of sp³-hybridized carbons (Fsp3) is 0.229. The number of rotatable bonds is 13. The average Bonchev–Trinajstić information content (AvgIpc) is 3.39. The summed E-state index contributed by atoms with van der Waals surface area (Å²) < 4.78 is 27.0. The molecule has 0 bridgehead atoms. The van der Waals surface area contributed by atoms with E-state index in [1.807, 2.05) is 72.8 Å². The number of nitrogens with one attached hydrogen (secondary N) is 1. The number of ether oxygens (including phenoxy) is 2. The molecule has 0 spiro atoms. The zero-order valence-electron chi connectivity index (χ0n) is 24.0. The zero-order chi connectivity index (χ0) is 30.3. The van der Waals surface area contributed by atoms with E-state index in [0.29, 0.717) is 59.4 Å². The highest BCUT2D eigenvalue weighted by Gasteiger charge is 2.24. The van der Waals surface area contributed by atoms with Gasteiger partial charge in [0.05, 0.1) is 11.0 Å². The SMILES string of the molecule is Cc1cc(F)cc(C)c1C(=O)c1sc2cc(OCc3ccccc3)ccc2c1-c1ccc(OCCNCC(O)CCl)cc1. The quantitative estimate of drug-likeness (QED) is 0.0805. The third-order valence-corrected chi connectivity index (χ3v) is 8.60. The van der Waals surface area contributed by atoms with Gasteiger partial charge in [0.15, 0.2) is 0 Å². The summed E-state index contributed by atoms with van der Waals surface area (Å²) in [4.78, 5) is 14.7. The second-order valence-corrected chi connectivity index (χ2v) is 11.7. The van der Waals surface area contributed by atoms with Crippen molar-refractivity contribution in [3.05, 3.63) is 118 Å². The Balaban J connectivity index is 1.45. The molecule has 5 nitrogen and oxygen atoms in total. The number of benzene rings is 4. The Morgan fingerprint density at radius 3 is 2.35 bits per heavy atom.